The zero-order chi connectivity index (χ0) is 21.1. The molecule has 0 fully saturated rings. The Hall–Kier alpha value is -2.67. The van der Waals surface area contributed by atoms with Crippen molar-refractivity contribution in [1.29, 1.82) is 0 Å². The number of hydrogen-bond acceptors (Lipinski definition) is 4. The second kappa shape index (κ2) is 6.69. The van der Waals surface area contributed by atoms with Crippen molar-refractivity contribution in [2.75, 3.05) is 11.6 Å². The van der Waals surface area contributed by atoms with Gasteiger partial charge in [0.2, 0.25) is 0 Å². The van der Waals surface area contributed by atoms with E-state index in [1.165, 1.54) is 6.07 Å². The lowest BCUT2D eigenvalue weighted by atomic mass is 9.99. The van der Waals surface area contributed by atoms with Crippen LogP contribution in [-0.2, 0) is 12.7 Å². The Morgan fingerprint density at radius 1 is 1.07 bits per heavy atom. The molecule has 3 aromatic rings. The van der Waals surface area contributed by atoms with E-state index in [9.17, 15) is 18.0 Å². The first kappa shape index (κ1) is 19.6. The lowest BCUT2D eigenvalue weighted by Gasteiger charge is -2.33. The van der Waals surface area contributed by atoms with Crippen LogP contribution in [0.3, 0.4) is 0 Å². The molecule has 0 saturated carbocycles. The fraction of sp³-hybridized carbons (Fsp3) is 0.286. The number of hydrogen-bond donors (Lipinski definition) is 0. The van der Waals surface area contributed by atoms with Crippen molar-refractivity contribution in [2.24, 2.45) is 0 Å². The second-order valence-electron chi connectivity index (χ2n) is 7.14. The van der Waals surface area contributed by atoms with E-state index in [0.717, 1.165) is 28.6 Å². The van der Waals surface area contributed by atoms with Gasteiger partial charge in [-0.2, -0.15) is 13.2 Å². The van der Waals surface area contributed by atoms with Gasteiger partial charge in [-0.15, -0.1) is 0 Å². The Morgan fingerprint density at radius 3 is 2.48 bits per heavy atom. The van der Waals surface area contributed by atoms with Gasteiger partial charge in [0.15, 0.2) is 6.73 Å². The van der Waals surface area contributed by atoms with Gasteiger partial charge >= 0.3 is 11.8 Å². The first-order chi connectivity index (χ1) is 13.6. The van der Waals surface area contributed by atoms with E-state index in [0.29, 0.717) is 29.0 Å². The molecule has 152 valence electrons. The number of benzene rings is 2. The number of halogens is 4. The van der Waals surface area contributed by atoms with Crippen molar-refractivity contribution < 1.29 is 22.3 Å². The fourth-order valence-electron chi connectivity index (χ4n) is 3.58. The van der Waals surface area contributed by atoms with E-state index >= 15 is 0 Å². The monoisotopic (exact) mass is 423 g/mol. The topological polar surface area (TPSA) is 42.7 Å². The fourth-order valence-corrected chi connectivity index (χ4v) is 3.82. The Bertz CT molecular complexity index is 1200. The van der Waals surface area contributed by atoms with Gasteiger partial charge in [0, 0.05) is 28.6 Å². The van der Waals surface area contributed by atoms with Crippen LogP contribution in [0, 0.1) is 20.8 Å². The third kappa shape index (κ3) is 3.23. The molecule has 1 aromatic heterocycles. The van der Waals surface area contributed by atoms with Crippen LogP contribution in [0.2, 0.25) is 5.02 Å². The van der Waals surface area contributed by atoms with Gasteiger partial charge in [0.25, 0.3) is 0 Å². The molecule has 29 heavy (non-hydrogen) atoms. The van der Waals surface area contributed by atoms with Crippen LogP contribution >= 0.6 is 11.6 Å². The van der Waals surface area contributed by atoms with Crippen LogP contribution in [0.1, 0.15) is 27.8 Å². The minimum Gasteiger partial charge on any atom is -0.472 e. The molecular formula is C21H17ClF3NO3. The van der Waals surface area contributed by atoms with Crippen molar-refractivity contribution in [3.8, 4) is 5.75 Å². The van der Waals surface area contributed by atoms with Crippen LogP contribution in [-0.4, -0.2) is 6.73 Å². The predicted octanol–water partition coefficient (Wildman–Crippen LogP) is 5.75. The Morgan fingerprint density at radius 2 is 1.79 bits per heavy atom. The maximum absolute atomic E-state index is 13.1. The molecule has 0 saturated heterocycles. The summed E-state index contributed by atoms with van der Waals surface area (Å²) in [6.07, 6.45) is -4.47. The summed E-state index contributed by atoms with van der Waals surface area (Å²) < 4.78 is 50.7. The predicted molar refractivity (Wildman–Crippen MR) is 105 cm³/mol. The largest absolute Gasteiger partial charge is 0.472 e. The SMILES string of the molecule is Cc1c(C)c2cc3c(c(C)c2oc1=O)OCN(c1cc(C(F)(F)F)ccc1Cl)C3. The molecule has 0 spiro atoms. The van der Waals surface area contributed by atoms with Gasteiger partial charge in [0.1, 0.15) is 11.3 Å². The summed E-state index contributed by atoms with van der Waals surface area (Å²) in [5.41, 5.74) is 2.33. The molecule has 4 nitrogen and oxygen atoms in total. The van der Waals surface area contributed by atoms with Gasteiger partial charge in [-0.3, -0.25) is 0 Å². The van der Waals surface area contributed by atoms with Crippen LogP contribution in [0.5, 0.6) is 5.75 Å². The second-order valence-corrected chi connectivity index (χ2v) is 7.55. The average Bonchev–Trinajstić information content (AvgIpc) is 2.66. The van der Waals surface area contributed by atoms with E-state index in [4.69, 9.17) is 20.8 Å². The summed E-state index contributed by atoms with van der Waals surface area (Å²) >= 11 is 6.18. The van der Waals surface area contributed by atoms with Crippen molar-refractivity contribution in [3.05, 3.63) is 67.5 Å². The summed E-state index contributed by atoms with van der Waals surface area (Å²) in [5.74, 6) is 0.572. The molecular weight excluding hydrogens is 407 g/mol. The van der Waals surface area contributed by atoms with E-state index in [1.807, 2.05) is 13.0 Å². The molecule has 4 rings (SSSR count). The highest BCUT2D eigenvalue weighted by atomic mass is 35.5. The van der Waals surface area contributed by atoms with E-state index in [-0.39, 0.29) is 17.4 Å². The maximum Gasteiger partial charge on any atom is 0.416 e. The van der Waals surface area contributed by atoms with Crippen molar-refractivity contribution in [3.63, 3.8) is 0 Å². The van der Waals surface area contributed by atoms with Crippen LogP contribution in [0.25, 0.3) is 11.0 Å². The highest BCUT2D eigenvalue weighted by Crippen LogP contribution is 2.40. The summed E-state index contributed by atoms with van der Waals surface area (Å²) in [6, 6.07) is 5.08. The van der Waals surface area contributed by atoms with E-state index < -0.39 is 17.4 Å². The molecule has 0 unspecified atom stereocenters. The number of alkyl halides is 3. The standard InChI is InChI=1S/C21H17ClF3NO3/c1-10-11(2)20(27)29-19-12(3)18-13(6-15(10)19)8-26(9-28-18)17-7-14(21(23,24)25)4-5-16(17)22/h4-7H,8-9H2,1-3H3. The van der Waals surface area contributed by atoms with Gasteiger partial charge in [-0.05, 0) is 50.6 Å². The summed E-state index contributed by atoms with van der Waals surface area (Å²) in [7, 11) is 0. The van der Waals surface area contributed by atoms with Gasteiger partial charge in [0.05, 0.1) is 16.3 Å². The zero-order valence-corrected chi connectivity index (χ0v) is 16.7. The van der Waals surface area contributed by atoms with Gasteiger partial charge in [-0.1, -0.05) is 11.6 Å². The van der Waals surface area contributed by atoms with Gasteiger partial charge in [-0.25, -0.2) is 4.79 Å². The van der Waals surface area contributed by atoms with Gasteiger partial charge < -0.3 is 14.1 Å². The molecule has 2 heterocycles. The number of nitrogens with zero attached hydrogens (tertiary/aromatic N) is 1. The van der Waals surface area contributed by atoms with E-state index in [2.05, 4.69) is 0 Å². The minimum atomic E-state index is -4.47. The Labute approximate surface area is 169 Å². The van der Waals surface area contributed by atoms with Crippen LogP contribution < -0.4 is 15.3 Å². The van der Waals surface area contributed by atoms with Crippen LogP contribution in [0.4, 0.5) is 18.9 Å². The minimum absolute atomic E-state index is 0.0233. The molecule has 0 bridgehead atoms. The molecule has 2 aromatic carbocycles. The van der Waals surface area contributed by atoms with Crippen molar-refractivity contribution in [1.82, 2.24) is 0 Å². The van der Waals surface area contributed by atoms with Crippen LogP contribution in [0.15, 0.2) is 33.5 Å². The number of fused-ring (bicyclic) bond motifs is 2. The van der Waals surface area contributed by atoms with Crippen molar-refractivity contribution in [2.45, 2.75) is 33.5 Å². The molecule has 1 aliphatic heterocycles. The molecule has 8 heteroatoms. The highest BCUT2D eigenvalue weighted by molar-refractivity contribution is 6.33. The molecule has 0 amide bonds. The molecule has 0 aliphatic carbocycles. The summed E-state index contributed by atoms with van der Waals surface area (Å²) in [5, 5.41) is 0.986. The number of anilines is 1. The highest BCUT2D eigenvalue weighted by Gasteiger charge is 2.32. The first-order valence-electron chi connectivity index (χ1n) is 8.89. The number of rotatable bonds is 1. The Kier molecular flexibility index (Phi) is 4.53. The quantitative estimate of drug-likeness (QED) is 0.467. The van der Waals surface area contributed by atoms with Crippen molar-refractivity contribution >= 4 is 28.3 Å². The third-order valence-corrected chi connectivity index (χ3v) is 5.66. The molecule has 1 aliphatic rings. The molecule has 0 atom stereocenters. The smallest absolute Gasteiger partial charge is 0.416 e. The molecule has 0 N–H and O–H groups in total. The normalized spacial score (nSPS) is 14.1. The first-order valence-corrected chi connectivity index (χ1v) is 9.26. The number of aryl methyl sites for hydroxylation is 2. The molecule has 0 radical (unpaired) electrons. The lowest BCUT2D eigenvalue weighted by molar-refractivity contribution is -0.137. The third-order valence-electron chi connectivity index (χ3n) is 5.34. The lowest BCUT2D eigenvalue weighted by Crippen LogP contribution is -2.32. The maximum atomic E-state index is 13.1. The summed E-state index contributed by atoms with van der Waals surface area (Å²) in [6.45, 7) is 5.66. The van der Waals surface area contributed by atoms with E-state index in [1.54, 1.807) is 18.7 Å². The number of ether oxygens (including phenoxy) is 1. The zero-order valence-electron chi connectivity index (χ0n) is 15.9. The summed E-state index contributed by atoms with van der Waals surface area (Å²) in [4.78, 5) is 13.7. The Balaban J connectivity index is 1.82. The average molecular weight is 424 g/mol.